The molecule has 2 aromatic rings. The first kappa shape index (κ1) is 15.2. The number of furan rings is 1. The number of benzene rings is 1. The minimum Gasteiger partial charge on any atom is -0.461 e. The molecule has 1 aromatic heterocycles. The summed E-state index contributed by atoms with van der Waals surface area (Å²) < 4.78 is 32.0. The number of Topliss-reactive ketones (excluding diaryl/α,β-unsaturated/α-hetero) is 1. The Morgan fingerprint density at radius 3 is 2.62 bits per heavy atom. The van der Waals surface area contributed by atoms with Crippen molar-refractivity contribution >= 4 is 21.9 Å². The van der Waals surface area contributed by atoms with Crippen LogP contribution in [0.4, 0.5) is 0 Å². The largest absolute Gasteiger partial charge is 0.461 e. The summed E-state index contributed by atoms with van der Waals surface area (Å²) in [6.07, 6.45) is 2.61. The van der Waals surface area contributed by atoms with Crippen molar-refractivity contribution in [1.82, 2.24) is 4.31 Å². The molecule has 0 spiro atoms. The van der Waals surface area contributed by atoms with Gasteiger partial charge in [0.15, 0.2) is 0 Å². The van der Waals surface area contributed by atoms with Gasteiger partial charge in [-0.3, -0.25) is 9.10 Å². The summed E-state index contributed by atoms with van der Waals surface area (Å²) in [5.74, 6) is 2.11. The second kappa shape index (κ2) is 5.08. The van der Waals surface area contributed by atoms with Gasteiger partial charge in [-0.2, -0.15) is 0 Å². The van der Waals surface area contributed by atoms with Gasteiger partial charge in [0.2, 0.25) is 5.78 Å². The number of rotatable bonds is 2. The van der Waals surface area contributed by atoms with Gasteiger partial charge >= 0.3 is 0 Å². The lowest BCUT2D eigenvalue weighted by molar-refractivity contribution is 0.101. The number of hydrogen-bond acceptors (Lipinski definition) is 4. The fourth-order valence-corrected chi connectivity index (χ4v) is 4.47. The van der Waals surface area contributed by atoms with Gasteiger partial charge in [0.25, 0.3) is 10.0 Å². The third kappa shape index (κ3) is 2.21. The molecular formula is C18H17NO4S. The first-order chi connectivity index (χ1) is 11.4. The number of carbonyl (C=O) groups excluding carboxylic acids is 1. The maximum Gasteiger partial charge on any atom is 0.264 e. The minimum absolute atomic E-state index is 0.0431. The van der Waals surface area contributed by atoms with E-state index in [1.165, 1.54) is 25.3 Å². The lowest BCUT2D eigenvalue weighted by atomic mass is 10.1. The van der Waals surface area contributed by atoms with Crippen LogP contribution >= 0.6 is 0 Å². The number of allylic oxidation sites excluding steroid dienone is 1. The van der Waals surface area contributed by atoms with Gasteiger partial charge < -0.3 is 4.42 Å². The molecule has 2 heterocycles. The lowest BCUT2D eigenvalue weighted by Gasteiger charge is -2.27. The van der Waals surface area contributed by atoms with Crippen molar-refractivity contribution in [2.24, 2.45) is 5.92 Å². The summed E-state index contributed by atoms with van der Waals surface area (Å²) in [7, 11) is -2.34. The van der Waals surface area contributed by atoms with Crippen molar-refractivity contribution < 1.29 is 17.6 Å². The highest BCUT2D eigenvalue weighted by atomic mass is 32.2. The van der Waals surface area contributed by atoms with Crippen molar-refractivity contribution in [2.45, 2.75) is 24.2 Å². The van der Waals surface area contributed by atoms with Gasteiger partial charge in [-0.15, -0.1) is 0 Å². The number of hydrogen-bond donors (Lipinski definition) is 0. The predicted molar refractivity (Wildman–Crippen MR) is 88.9 cm³/mol. The van der Waals surface area contributed by atoms with Crippen molar-refractivity contribution in [1.29, 1.82) is 0 Å². The van der Waals surface area contributed by atoms with E-state index >= 15 is 0 Å². The monoisotopic (exact) mass is 343 g/mol. The molecule has 1 aliphatic carbocycles. The van der Waals surface area contributed by atoms with Gasteiger partial charge in [-0.05, 0) is 36.6 Å². The molecule has 1 aromatic carbocycles. The zero-order chi connectivity index (χ0) is 17.1. The first-order valence-electron chi connectivity index (χ1n) is 7.83. The van der Waals surface area contributed by atoms with Crippen LogP contribution in [-0.2, 0) is 10.0 Å². The Morgan fingerprint density at radius 2 is 1.92 bits per heavy atom. The molecule has 0 radical (unpaired) electrons. The maximum atomic E-state index is 12.7. The Bertz CT molecular complexity index is 970. The van der Waals surface area contributed by atoms with Crippen LogP contribution in [0.5, 0.6) is 0 Å². The van der Waals surface area contributed by atoms with Crippen LogP contribution in [0, 0.1) is 5.92 Å². The smallest absolute Gasteiger partial charge is 0.264 e. The van der Waals surface area contributed by atoms with Crippen LogP contribution < -0.4 is 0 Å². The summed E-state index contributed by atoms with van der Waals surface area (Å²) in [6.45, 7) is 2.16. The van der Waals surface area contributed by atoms with E-state index in [0.29, 0.717) is 17.6 Å². The zero-order valence-electron chi connectivity index (χ0n) is 13.4. The molecule has 0 bridgehead atoms. The van der Waals surface area contributed by atoms with E-state index in [1.54, 1.807) is 18.2 Å². The van der Waals surface area contributed by atoms with Crippen LogP contribution in [0.15, 0.2) is 51.4 Å². The molecule has 4 rings (SSSR count). The molecule has 124 valence electrons. The fourth-order valence-electron chi connectivity index (χ4n) is 3.09. The highest BCUT2D eigenvalue weighted by Crippen LogP contribution is 2.47. The van der Waals surface area contributed by atoms with Crippen molar-refractivity contribution in [3.8, 4) is 0 Å². The zero-order valence-corrected chi connectivity index (χ0v) is 14.2. The van der Waals surface area contributed by atoms with E-state index in [2.05, 4.69) is 6.92 Å². The normalized spacial score (nSPS) is 26.5. The first-order valence-corrected chi connectivity index (χ1v) is 9.27. The third-order valence-corrected chi connectivity index (χ3v) is 6.57. The minimum atomic E-state index is -3.73. The highest BCUT2D eigenvalue weighted by Gasteiger charge is 2.38. The Labute approximate surface area is 140 Å². The van der Waals surface area contributed by atoms with E-state index in [9.17, 15) is 13.2 Å². The number of fused-ring (bicyclic) bond motifs is 1. The third-order valence-electron chi connectivity index (χ3n) is 4.74. The molecular weight excluding hydrogens is 326 g/mol. The SMILES string of the molecule is C[C@@H]1C[C@@H]1c1ccc(/C=C2\C(=O)c3ccccc3S(=O)(=O)N2C)o1. The van der Waals surface area contributed by atoms with Crippen molar-refractivity contribution in [3.05, 3.63) is 59.2 Å². The van der Waals surface area contributed by atoms with Crippen LogP contribution in [-0.4, -0.2) is 25.6 Å². The molecule has 5 nitrogen and oxygen atoms in total. The summed E-state index contributed by atoms with van der Waals surface area (Å²) in [6, 6.07) is 9.94. The van der Waals surface area contributed by atoms with Crippen LogP contribution in [0.25, 0.3) is 6.08 Å². The average molecular weight is 343 g/mol. The van der Waals surface area contributed by atoms with E-state index in [-0.39, 0.29) is 21.9 Å². The Kier molecular flexibility index (Phi) is 3.22. The predicted octanol–water partition coefficient (Wildman–Crippen LogP) is 3.26. The van der Waals surface area contributed by atoms with Gasteiger partial charge in [0.05, 0.1) is 4.90 Å². The molecule has 1 saturated carbocycles. The molecule has 24 heavy (non-hydrogen) atoms. The van der Waals surface area contributed by atoms with Crippen LogP contribution in [0.1, 0.15) is 41.1 Å². The van der Waals surface area contributed by atoms with Crippen molar-refractivity contribution in [2.75, 3.05) is 7.05 Å². The van der Waals surface area contributed by atoms with Gasteiger partial charge in [0.1, 0.15) is 17.2 Å². The standard InChI is InChI=1S/C18H17NO4S/c1-11-9-14(11)16-8-7-12(23-16)10-15-18(20)13-5-3-4-6-17(13)24(21,22)19(15)2/h3-8,10-11,14H,9H2,1-2H3/b15-10+/t11-,14+/m1/s1. The van der Waals surface area contributed by atoms with E-state index in [4.69, 9.17) is 4.42 Å². The van der Waals surface area contributed by atoms with Crippen molar-refractivity contribution in [3.63, 3.8) is 0 Å². The second-order valence-corrected chi connectivity index (χ2v) is 8.32. The molecule has 0 saturated heterocycles. The van der Waals surface area contributed by atoms with E-state index in [1.807, 2.05) is 6.07 Å². The molecule has 0 unspecified atom stereocenters. The number of carbonyl (C=O) groups is 1. The van der Waals surface area contributed by atoms with Gasteiger partial charge in [-0.25, -0.2) is 8.42 Å². The quantitative estimate of drug-likeness (QED) is 0.785. The number of likely N-dealkylation sites (N-methyl/N-ethyl adjacent to an activating group) is 1. The number of nitrogens with zero attached hydrogens (tertiary/aromatic N) is 1. The molecule has 2 aliphatic rings. The number of ketones is 1. The van der Waals surface area contributed by atoms with Gasteiger partial charge in [0, 0.05) is 24.6 Å². The Balaban J connectivity index is 1.78. The van der Waals surface area contributed by atoms with E-state index in [0.717, 1.165) is 16.5 Å². The summed E-state index contributed by atoms with van der Waals surface area (Å²) in [4.78, 5) is 12.8. The second-order valence-electron chi connectivity index (χ2n) is 6.39. The molecule has 0 N–H and O–H groups in total. The topological polar surface area (TPSA) is 67.6 Å². The molecule has 1 aliphatic heterocycles. The van der Waals surface area contributed by atoms with E-state index < -0.39 is 10.0 Å². The summed E-state index contributed by atoms with van der Waals surface area (Å²) in [5.41, 5.74) is 0.294. The van der Waals surface area contributed by atoms with Crippen LogP contribution in [0.3, 0.4) is 0 Å². The highest BCUT2D eigenvalue weighted by molar-refractivity contribution is 7.89. The molecule has 1 fully saturated rings. The summed E-state index contributed by atoms with van der Waals surface area (Å²) >= 11 is 0. The van der Waals surface area contributed by atoms with Crippen LogP contribution in [0.2, 0.25) is 0 Å². The summed E-state index contributed by atoms with van der Waals surface area (Å²) in [5, 5.41) is 0. The Morgan fingerprint density at radius 1 is 1.21 bits per heavy atom. The molecule has 6 heteroatoms. The average Bonchev–Trinajstić information content (AvgIpc) is 3.11. The van der Waals surface area contributed by atoms with Gasteiger partial charge in [-0.1, -0.05) is 19.1 Å². The number of sulfonamides is 1. The molecule has 0 amide bonds. The molecule has 2 atom stereocenters. The Hall–Kier alpha value is -2.34. The fraction of sp³-hybridized carbons (Fsp3) is 0.278. The lowest BCUT2D eigenvalue weighted by Crippen LogP contribution is -2.36. The maximum absolute atomic E-state index is 12.7.